The van der Waals surface area contributed by atoms with Gasteiger partial charge < -0.3 is 5.73 Å². The van der Waals surface area contributed by atoms with Gasteiger partial charge in [0.25, 0.3) is 0 Å². The molecule has 0 aliphatic carbocycles. The quantitative estimate of drug-likeness (QED) is 0.478. The van der Waals surface area contributed by atoms with Crippen molar-refractivity contribution in [1.29, 1.82) is 0 Å². The molecule has 0 spiro atoms. The Morgan fingerprint density at radius 3 is 2.93 bits per heavy atom. The van der Waals surface area contributed by atoms with Crippen molar-refractivity contribution in [3.8, 4) is 0 Å². The molecular weight excluding hydrogens is 214 g/mol. The summed E-state index contributed by atoms with van der Waals surface area (Å²) in [5.41, 5.74) is 7.64. The Morgan fingerprint density at radius 1 is 1.57 bits per heavy atom. The molecule has 3 heteroatoms. The van der Waals surface area contributed by atoms with Crippen LogP contribution in [-0.4, -0.2) is 5.75 Å². The zero-order chi connectivity index (χ0) is 10.6. The lowest BCUT2D eigenvalue weighted by Gasteiger charge is -2.05. The van der Waals surface area contributed by atoms with Gasteiger partial charge in [-0.15, -0.1) is 11.8 Å². The Kier molecular flexibility index (Phi) is 4.36. The number of rotatable bonds is 4. The van der Waals surface area contributed by atoms with Crippen LogP contribution in [-0.2, 0) is 0 Å². The maximum atomic E-state index is 6.02. The van der Waals surface area contributed by atoms with Crippen LogP contribution in [0.15, 0.2) is 35.2 Å². The summed E-state index contributed by atoms with van der Waals surface area (Å²) >= 11 is 7.70. The van der Waals surface area contributed by atoms with E-state index in [2.05, 4.69) is 13.5 Å². The molecule has 0 aliphatic rings. The second-order valence-corrected chi connectivity index (χ2v) is 4.51. The average Bonchev–Trinajstić information content (AvgIpc) is 2.19. The van der Waals surface area contributed by atoms with Gasteiger partial charge in [0.1, 0.15) is 0 Å². The largest absolute Gasteiger partial charge is 0.399 e. The van der Waals surface area contributed by atoms with Gasteiger partial charge in [0.15, 0.2) is 0 Å². The maximum Gasteiger partial charge on any atom is 0.0543 e. The Balaban J connectivity index is 2.66. The van der Waals surface area contributed by atoms with Gasteiger partial charge in [-0.3, -0.25) is 0 Å². The first kappa shape index (κ1) is 11.5. The molecule has 1 aromatic rings. The fourth-order valence-electron chi connectivity index (χ4n) is 0.912. The normalized spacial score (nSPS) is 10.1. The molecule has 0 saturated carbocycles. The molecule has 0 atom stereocenters. The Labute approximate surface area is 94.3 Å². The minimum Gasteiger partial charge on any atom is -0.399 e. The van der Waals surface area contributed by atoms with Gasteiger partial charge in [-0.2, -0.15) is 0 Å². The van der Waals surface area contributed by atoms with Crippen LogP contribution < -0.4 is 5.73 Å². The van der Waals surface area contributed by atoms with Gasteiger partial charge in [0, 0.05) is 16.3 Å². The average molecular weight is 228 g/mol. The summed E-state index contributed by atoms with van der Waals surface area (Å²) in [6, 6.07) is 5.53. The number of hydrogen-bond donors (Lipinski definition) is 1. The molecule has 2 N–H and O–H groups in total. The highest BCUT2D eigenvalue weighted by Crippen LogP contribution is 2.30. The van der Waals surface area contributed by atoms with E-state index < -0.39 is 0 Å². The van der Waals surface area contributed by atoms with Gasteiger partial charge in [-0.25, -0.2) is 0 Å². The molecule has 14 heavy (non-hydrogen) atoms. The topological polar surface area (TPSA) is 26.0 Å². The number of benzene rings is 1. The third-order valence-corrected chi connectivity index (χ3v) is 3.53. The summed E-state index contributed by atoms with van der Waals surface area (Å²) in [7, 11) is 0. The van der Waals surface area contributed by atoms with Crippen molar-refractivity contribution >= 4 is 29.1 Å². The minimum atomic E-state index is 0.749. The second kappa shape index (κ2) is 5.32. The second-order valence-electron chi connectivity index (χ2n) is 3.08. The molecular formula is C11H14ClNS. The van der Waals surface area contributed by atoms with E-state index in [1.165, 1.54) is 5.57 Å². The maximum absolute atomic E-state index is 6.02. The number of hydrogen-bond acceptors (Lipinski definition) is 2. The molecule has 0 amide bonds. The summed E-state index contributed by atoms with van der Waals surface area (Å²) in [5, 5.41) is 0.758. The van der Waals surface area contributed by atoms with Crippen molar-refractivity contribution < 1.29 is 0 Å². The van der Waals surface area contributed by atoms with Gasteiger partial charge >= 0.3 is 0 Å². The summed E-state index contributed by atoms with van der Waals surface area (Å²) < 4.78 is 0. The lowest BCUT2D eigenvalue weighted by Crippen LogP contribution is -1.87. The van der Waals surface area contributed by atoms with E-state index in [-0.39, 0.29) is 0 Å². The lowest BCUT2D eigenvalue weighted by atomic mass is 10.3. The van der Waals surface area contributed by atoms with E-state index in [1.807, 2.05) is 12.1 Å². The van der Waals surface area contributed by atoms with E-state index in [0.29, 0.717) is 0 Å². The molecule has 1 nitrogen and oxygen atoms in total. The predicted octanol–water partition coefficient (Wildman–Crippen LogP) is 3.98. The fraction of sp³-hybridized carbons (Fsp3) is 0.273. The van der Waals surface area contributed by atoms with E-state index in [4.69, 9.17) is 17.3 Å². The Morgan fingerprint density at radius 2 is 2.29 bits per heavy atom. The molecule has 0 aliphatic heterocycles. The molecule has 0 bridgehead atoms. The first-order valence-electron chi connectivity index (χ1n) is 4.48. The van der Waals surface area contributed by atoms with Crippen LogP contribution in [0.3, 0.4) is 0 Å². The lowest BCUT2D eigenvalue weighted by molar-refractivity contribution is 1.12. The number of anilines is 1. The number of nitrogen functional groups attached to an aromatic ring is 1. The van der Waals surface area contributed by atoms with Gasteiger partial charge in [0.05, 0.1) is 5.02 Å². The Bertz CT molecular complexity index is 336. The zero-order valence-electron chi connectivity index (χ0n) is 8.22. The van der Waals surface area contributed by atoms with Gasteiger partial charge in [-0.05, 0) is 24.6 Å². The highest BCUT2D eigenvalue weighted by atomic mass is 35.5. The standard InChI is InChI=1S/C11H14ClNS/c1-3-8(2)7-14-11-6-9(13)4-5-10(11)12/h4-6H,2-3,7,13H2,1H3. The molecule has 76 valence electrons. The van der Waals surface area contributed by atoms with Gasteiger partial charge in [0.2, 0.25) is 0 Å². The van der Waals surface area contributed by atoms with E-state index in [9.17, 15) is 0 Å². The van der Waals surface area contributed by atoms with Crippen molar-refractivity contribution in [3.63, 3.8) is 0 Å². The van der Waals surface area contributed by atoms with Crippen LogP contribution in [0.1, 0.15) is 13.3 Å². The van der Waals surface area contributed by atoms with Crippen molar-refractivity contribution in [2.75, 3.05) is 11.5 Å². The molecule has 1 rings (SSSR count). The van der Waals surface area contributed by atoms with Crippen LogP contribution in [0.5, 0.6) is 0 Å². The summed E-state index contributed by atoms with van der Waals surface area (Å²) in [5.74, 6) is 0.902. The third-order valence-electron chi connectivity index (χ3n) is 1.89. The molecule has 0 heterocycles. The molecule has 0 radical (unpaired) electrons. The summed E-state index contributed by atoms with van der Waals surface area (Å²) in [6.45, 7) is 6.05. The van der Waals surface area contributed by atoms with Crippen molar-refractivity contribution in [2.24, 2.45) is 0 Å². The van der Waals surface area contributed by atoms with Crippen LogP contribution in [0.4, 0.5) is 5.69 Å². The third kappa shape index (κ3) is 3.28. The van der Waals surface area contributed by atoms with Crippen LogP contribution in [0.2, 0.25) is 5.02 Å². The van der Waals surface area contributed by atoms with E-state index in [0.717, 1.165) is 27.8 Å². The van der Waals surface area contributed by atoms with Crippen LogP contribution >= 0.6 is 23.4 Å². The molecule has 0 unspecified atom stereocenters. The Hall–Kier alpha value is -0.600. The monoisotopic (exact) mass is 227 g/mol. The smallest absolute Gasteiger partial charge is 0.0543 e. The predicted molar refractivity (Wildman–Crippen MR) is 66.0 cm³/mol. The first-order chi connectivity index (χ1) is 6.63. The SMILES string of the molecule is C=C(CC)CSc1cc(N)ccc1Cl. The number of nitrogens with two attached hydrogens (primary N) is 1. The first-order valence-corrected chi connectivity index (χ1v) is 5.84. The number of thioether (sulfide) groups is 1. The fourth-order valence-corrected chi connectivity index (χ4v) is 2.18. The number of halogens is 1. The highest BCUT2D eigenvalue weighted by Gasteiger charge is 2.01. The van der Waals surface area contributed by atoms with E-state index >= 15 is 0 Å². The zero-order valence-corrected chi connectivity index (χ0v) is 9.79. The van der Waals surface area contributed by atoms with Crippen molar-refractivity contribution in [1.82, 2.24) is 0 Å². The molecule has 1 aromatic carbocycles. The minimum absolute atomic E-state index is 0.749. The summed E-state index contributed by atoms with van der Waals surface area (Å²) in [4.78, 5) is 1.03. The van der Waals surface area contributed by atoms with Crippen molar-refractivity contribution in [2.45, 2.75) is 18.2 Å². The van der Waals surface area contributed by atoms with E-state index in [1.54, 1.807) is 17.8 Å². The summed E-state index contributed by atoms with van der Waals surface area (Å²) in [6.07, 6.45) is 1.01. The van der Waals surface area contributed by atoms with Crippen LogP contribution in [0, 0.1) is 0 Å². The molecule has 0 aromatic heterocycles. The highest BCUT2D eigenvalue weighted by molar-refractivity contribution is 7.99. The molecule has 0 fully saturated rings. The van der Waals surface area contributed by atoms with Crippen LogP contribution in [0.25, 0.3) is 0 Å². The van der Waals surface area contributed by atoms with Gasteiger partial charge in [-0.1, -0.05) is 30.7 Å². The van der Waals surface area contributed by atoms with Crippen molar-refractivity contribution in [3.05, 3.63) is 35.4 Å². The molecule has 0 saturated heterocycles.